The fourth-order valence-corrected chi connectivity index (χ4v) is 8.62. The molecule has 0 atom stereocenters. The molecule has 0 saturated carbocycles. The van der Waals surface area contributed by atoms with Crippen LogP contribution in [0, 0.1) is 0 Å². The lowest BCUT2D eigenvalue weighted by Gasteiger charge is -2.28. The molecule has 3 heteroatoms. The fourth-order valence-electron chi connectivity index (χ4n) is 8.62. The number of nitrogens with zero attached hydrogens (tertiary/aromatic N) is 2. The molecule has 11 aromatic rings. The molecule has 0 saturated heterocycles. The van der Waals surface area contributed by atoms with Crippen molar-refractivity contribution in [1.29, 1.82) is 0 Å². The minimum absolute atomic E-state index is 0.885. The van der Waals surface area contributed by atoms with Crippen molar-refractivity contribution < 1.29 is 4.42 Å². The second kappa shape index (κ2) is 13.6. The van der Waals surface area contributed by atoms with Gasteiger partial charge in [0, 0.05) is 38.5 Å². The first-order valence-corrected chi connectivity index (χ1v) is 19.4. The third kappa shape index (κ3) is 5.51. The summed E-state index contributed by atoms with van der Waals surface area (Å²) >= 11 is 0. The zero-order valence-electron chi connectivity index (χ0n) is 31.1. The van der Waals surface area contributed by atoms with Gasteiger partial charge in [-0.25, -0.2) is 0 Å². The zero-order valence-corrected chi connectivity index (χ0v) is 31.1. The standard InChI is InChI=1S/C54H36N2O/c1-3-16-37(17-4-1)39-32-34-41(35-33-39)55(42-21-13-20-40(36-42)38-18-5-2-6-19-38)48-27-10-7-22-43(48)45-25-14-29-50-53(45)47-24-8-11-28-49(47)56(50)51-30-15-26-46-44-23-9-12-31-52(44)57-54(46)51/h1-36H. The molecule has 2 heterocycles. The Hall–Kier alpha value is -7.62. The highest BCUT2D eigenvalue weighted by Crippen LogP contribution is 2.46. The summed E-state index contributed by atoms with van der Waals surface area (Å²) in [6.07, 6.45) is 0. The van der Waals surface area contributed by atoms with Gasteiger partial charge in [-0.1, -0.05) is 164 Å². The van der Waals surface area contributed by atoms with Crippen LogP contribution in [0.3, 0.4) is 0 Å². The molecule has 0 spiro atoms. The minimum Gasteiger partial charge on any atom is -0.454 e. The normalized spacial score (nSPS) is 11.5. The highest BCUT2D eigenvalue weighted by Gasteiger charge is 2.23. The van der Waals surface area contributed by atoms with Gasteiger partial charge in [-0.05, 0) is 82.4 Å². The Morgan fingerprint density at radius 1 is 0.368 bits per heavy atom. The van der Waals surface area contributed by atoms with E-state index >= 15 is 0 Å². The predicted molar refractivity (Wildman–Crippen MR) is 239 cm³/mol. The molecule has 11 rings (SSSR count). The highest BCUT2D eigenvalue weighted by molar-refractivity contribution is 6.18. The molecule has 9 aromatic carbocycles. The Bertz CT molecular complexity index is 3230. The highest BCUT2D eigenvalue weighted by atomic mass is 16.3. The maximum Gasteiger partial charge on any atom is 0.159 e. The van der Waals surface area contributed by atoms with Gasteiger partial charge >= 0.3 is 0 Å². The molecule has 0 amide bonds. The average Bonchev–Trinajstić information content (AvgIpc) is 3.84. The smallest absolute Gasteiger partial charge is 0.159 e. The van der Waals surface area contributed by atoms with Gasteiger partial charge in [0.1, 0.15) is 5.58 Å². The van der Waals surface area contributed by atoms with Crippen LogP contribution in [0.15, 0.2) is 223 Å². The summed E-state index contributed by atoms with van der Waals surface area (Å²) in [6, 6.07) is 78.1. The van der Waals surface area contributed by atoms with Crippen LogP contribution >= 0.6 is 0 Å². The number of benzene rings is 9. The van der Waals surface area contributed by atoms with Gasteiger partial charge in [0.2, 0.25) is 0 Å². The van der Waals surface area contributed by atoms with Crippen molar-refractivity contribution in [1.82, 2.24) is 4.57 Å². The van der Waals surface area contributed by atoms with Crippen molar-refractivity contribution in [3.63, 3.8) is 0 Å². The molecule has 57 heavy (non-hydrogen) atoms. The Kier molecular flexibility index (Phi) is 7.82. The van der Waals surface area contributed by atoms with Crippen molar-refractivity contribution in [2.45, 2.75) is 0 Å². The number of anilines is 3. The molecule has 2 aromatic heterocycles. The molecular weight excluding hydrogens is 693 g/mol. The van der Waals surface area contributed by atoms with E-state index in [-0.39, 0.29) is 0 Å². The summed E-state index contributed by atoms with van der Waals surface area (Å²) in [6.45, 7) is 0. The summed E-state index contributed by atoms with van der Waals surface area (Å²) in [7, 11) is 0. The van der Waals surface area contributed by atoms with E-state index in [0.29, 0.717) is 0 Å². The number of hydrogen-bond donors (Lipinski definition) is 0. The van der Waals surface area contributed by atoms with Crippen LogP contribution in [0.25, 0.3) is 82.8 Å². The predicted octanol–water partition coefficient (Wildman–Crippen LogP) is 15.2. The monoisotopic (exact) mass is 728 g/mol. The van der Waals surface area contributed by atoms with Crippen LogP contribution in [-0.4, -0.2) is 4.57 Å². The second-order valence-corrected chi connectivity index (χ2v) is 14.5. The lowest BCUT2D eigenvalue weighted by Crippen LogP contribution is -2.11. The van der Waals surface area contributed by atoms with Crippen molar-refractivity contribution in [2.24, 2.45) is 0 Å². The number of aromatic nitrogens is 1. The topological polar surface area (TPSA) is 21.3 Å². The van der Waals surface area contributed by atoms with Crippen LogP contribution in [0.2, 0.25) is 0 Å². The molecule has 0 fully saturated rings. The number of furan rings is 1. The van der Waals surface area contributed by atoms with Crippen LogP contribution in [0.1, 0.15) is 0 Å². The number of fused-ring (bicyclic) bond motifs is 6. The van der Waals surface area contributed by atoms with Crippen LogP contribution in [-0.2, 0) is 0 Å². The molecular formula is C54H36N2O. The van der Waals surface area contributed by atoms with Gasteiger partial charge < -0.3 is 13.9 Å². The van der Waals surface area contributed by atoms with E-state index in [9.17, 15) is 0 Å². The van der Waals surface area contributed by atoms with Gasteiger partial charge in [0.05, 0.1) is 22.4 Å². The van der Waals surface area contributed by atoms with Crippen LogP contribution in [0.4, 0.5) is 17.1 Å². The van der Waals surface area contributed by atoms with Gasteiger partial charge in [-0.3, -0.25) is 0 Å². The van der Waals surface area contributed by atoms with Gasteiger partial charge in [-0.15, -0.1) is 0 Å². The summed E-state index contributed by atoms with van der Waals surface area (Å²) in [5, 5.41) is 4.63. The van der Waals surface area contributed by atoms with E-state index in [0.717, 1.165) is 61.3 Å². The summed E-state index contributed by atoms with van der Waals surface area (Å²) in [5.41, 5.74) is 15.4. The van der Waals surface area contributed by atoms with E-state index in [1.807, 2.05) is 6.07 Å². The van der Waals surface area contributed by atoms with Crippen molar-refractivity contribution in [3.05, 3.63) is 218 Å². The Labute approximate surface area is 330 Å². The van der Waals surface area contributed by atoms with E-state index in [1.165, 1.54) is 38.6 Å². The summed E-state index contributed by atoms with van der Waals surface area (Å²) in [5.74, 6) is 0. The molecule has 268 valence electrons. The van der Waals surface area contributed by atoms with Crippen molar-refractivity contribution in [3.8, 4) is 39.1 Å². The first kappa shape index (κ1) is 32.8. The van der Waals surface area contributed by atoms with Crippen LogP contribution < -0.4 is 4.90 Å². The van der Waals surface area contributed by atoms with E-state index in [1.54, 1.807) is 0 Å². The number of para-hydroxylation sites is 4. The second-order valence-electron chi connectivity index (χ2n) is 14.5. The first-order chi connectivity index (χ1) is 28.3. The molecule has 0 aliphatic rings. The van der Waals surface area contributed by atoms with Gasteiger partial charge in [0.25, 0.3) is 0 Å². The lowest BCUT2D eigenvalue weighted by molar-refractivity contribution is 0.666. The SMILES string of the molecule is c1ccc(-c2ccc(N(c3cccc(-c4ccccc4)c3)c3ccccc3-c3cccc4c3c3ccccc3n4-c3cccc4c3oc3ccccc34)cc2)cc1. The number of rotatable bonds is 7. The van der Waals surface area contributed by atoms with Gasteiger partial charge in [-0.2, -0.15) is 0 Å². The quantitative estimate of drug-likeness (QED) is 0.163. The summed E-state index contributed by atoms with van der Waals surface area (Å²) in [4.78, 5) is 2.41. The first-order valence-electron chi connectivity index (χ1n) is 19.4. The molecule has 0 radical (unpaired) electrons. The molecule has 0 unspecified atom stereocenters. The Morgan fingerprint density at radius 2 is 0.947 bits per heavy atom. The third-order valence-electron chi connectivity index (χ3n) is 11.2. The van der Waals surface area contributed by atoms with Crippen molar-refractivity contribution in [2.75, 3.05) is 4.90 Å². The van der Waals surface area contributed by atoms with E-state index in [4.69, 9.17) is 4.42 Å². The Balaban J connectivity index is 1.14. The number of hydrogen-bond acceptors (Lipinski definition) is 2. The van der Waals surface area contributed by atoms with Crippen LogP contribution in [0.5, 0.6) is 0 Å². The van der Waals surface area contributed by atoms with E-state index in [2.05, 4.69) is 222 Å². The molecule has 0 aliphatic heterocycles. The largest absolute Gasteiger partial charge is 0.454 e. The molecule has 0 aliphatic carbocycles. The molecule has 3 nitrogen and oxygen atoms in total. The molecule has 0 N–H and O–H groups in total. The molecule has 0 bridgehead atoms. The average molecular weight is 729 g/mol. The summed E-state index contributed by atoms with van der Waals surface area (Å²) < 4.78 is 9.00. The minimum atomic E-state index is 0.885. The van der Waals surface area contributed by atoms with Crippen molar-refractivity contribution >= 4 is 60.8 Å². The van der Waals surface area contributed by atoms with Gasteiger partial charge in [0.15, 0.2) is 5.58 Å². The zero-order chi connectivity index (χ0) is 37.7. The lowest BCUT2D eigenvalue weighted by atomic mass is 9.96. The van der Waals surface area contributed by atoms with E-state index < -0.39 is 0 Å². The maximum absolute atomic E-state index is 6.62. The maximum atomic E-state index is 6.62. The Morgan fingerprint density at radius 3 is 1.77 bits per heavy atom. The fraction of sp³-hybridized carbons (Fsp3) is 0. The third-order valence-corrected chi connectivity index (χ3v) is 11.2.